The van der Waals surface area contributed by atoms with Crippen molar-refractivity contribution in [3.63, 3.8) is 0 Å². The Balaban J connectivity index is 2.82. The molecule has 106 valence electrons. The number of hydrogen-bond donors (Lipinski definition) is 1. The van der Waals surface area contributed by atoms with Gasteiger partial charge in [-0.3, -0.25) is 9.78 Å². The number of rotatable bonds is 5. The van der Waals surface area contributed by atoms with Gasteiger partial charge < -0.3 is 10.6 Å². The Labute approximate surface area is 109 Å². The predicted molar refractivity (Wildman–Crippen MR) is 64.5 cm³/mol. The lowest BCUT2D eigenvalue weighted by atomic mass is 10.2. The summed E-state index contributed by atoms with van der Waals surface area (Å²) < 4.78 is 37.1. The summed E-state index contributed by atoms with van der Waals surface area (Å²) in [5.41, 5.74) is 4.50. The molecule has 1 aromatic heterocycles. The zero-order valence-corrected chi connectivity index (χ0v) is 10.6. The standard InChI is InChI=1S/C12H16F3N3O/c1-2-18(7-3-6-16)11(19)10-5-4-9(8-17-10)12(13,14)15/h4-5,8H,2-3,6-7,16H2,1H3. The first kappa shape index (κ1) is 15.4. The highest BCUT2D eigenvalue weighted by atomic mass is 19.4. The summed E-state index contributed by atoms with van der Waals surface area (Å²) in [5, 5.41) is 0. The Morgan fingerprint density at radius 1 is 1.42 bits per heavy atom. The highest BCUT2D eigenvalue weighted by Gasteiger charge is 2.31. The fraction of sp³-hybridized carbons (Fsp3) is 0.500. The first-order valence-electron chi connectivity index (χ1n) is 5.92. The van der Waals surface area contributed by atoms with Crippen molar-refractivity contribution in [2.75, 3.05) is 19.6 Å². The molecule has 19 heavy (non-hydrogen) atoms. The summed E-state index contributed by atoms with van der Waals surface area (Å²) >= 11 is 0. The number of halogens is 3. The number of pyridine rings is 1. The van der Waals surface area contributed by atoms with Crippen LogP contribution in [-0.2, 0) is 6.18 Å². The molecule has 0 saturated carbocycles. The van der Waals surface area contributed by atoms with Gasteiger partial charge in [-0.05, 0) is 32.0 Å². The zero-order chi connectivity index (χ0) is 14.5. The maximum atomic E-state index is 12.4. The number of amides is 1. The van der Waals surface area contributed by atoms with E-state index >= 15 is 0 Å². The first-order chi connectivity index (χ1) is 8.90. The quantitative estimate of drug-likeness (QED) is 0.893. The van der Waals surface area contributed by atoms with E-state index in [4.69, 9.17) is 5.73 Å². The van der Waals surface area contributed by atoms with Crippen molar-refractivity contribution >= 4 is 5.91 Å². The van der Waals surface area contributed by atoms with Gasteiger partial charge in [-0.25, -0.2) is 0 Å². The van der Waals surface area contributed by atoms with Crippen LogP contribution in [0.3, 0.4) is 0 Å². The smallest absolute Gasteiger partial charge is 0.338 e. The number of alkyl halides is 3. The molecule has 2 N–H and O–H groups in total. The molecule has 0 radical (unpaired) electrons. The monoisotopic (exact) mass is 275 g/mol. The van der Waals surface area contributed by atoms with E-state index in [0.29, 0.717) is 32.3 Å². The molecule has 0 spiro atoms. The molecule has 1 aromatic rings. The van der Waals surface area contributed by atoms with Gasteiger partial charge in [-0.1, -0.05) is 0 Å². The average Bonchev–Trinajstić information content (AvgIpc) is 2.38. The van der Waals surface area contributed by atoms with Crippen molar-refractivity contribution in [1.29, 1.82) is 0 Å². The van der Waals surface area contributed by atoms with Gasteiger partial charge in [0.1, 0.15) is 5.69 Å². The second-order valence-electron chi connectivity index (χ2n) is 3.96. The van der Waals surface area contributed by atoms with E-state index < -0.39 is 11.7 Å². The summed E-state index contributed by atoms with van der Waals surface area (Å²) in [6, 6.07) is 1.95. The molecule has 0 bridgehead atoms. The maximum absolute atomic E-state index is 12.4. The molecule has 0 fully saturated rings. The fourth-order valence-corrected chi connectivity index (χ4v) is 1.54. The molecule has 0 aliphatic carbocycles. The van der Waals surface area contributed by atoms with Gasteiger partial charge in [0, 0.05) is 19.3 Å². The molecular formula is C12H16F3N3O. The van der Waals surface area contributed by atoms with Gasteiger partial charge in [0.15, 0.2) is 0 Å². The Morgan fingerprint density at radius 3 is 2.53 bits per heavy atom. The van der Waals surface area contributed by atoms with Crippen LogP contribution in [0.5, 0.6) is 0 Å². The molecule has 0 aromatic carbocycles. The second-order valence-corrected chi connectivity index (χ2v) is 3.96. The molecule has 1 rings (SSSR count). The summed E-state index contributed by atoms with van der Waals surface area (Å²) in [7, 11) is 0. The van der Waals surface area contributed by atoms with Gasteiger partial charge in [-0.2, -0.15) is 13.2 Å². The van der Waals surface area contributed by atoms with Gasteiger partial charge >= 0.3 is 6.18 Å². The third kappa shape index (κ3) is 4.20. The van der Waals surface area contributed by atoms with E-state index in [0.717, 1.165) is 12.1 Å². The van der Waals surface area contributed by atoms with Crippen molar-refractivity contribution in [2.24, 2.45) is 5.73 Å². The van der Waals surface area contributed by atoms with Crippen molar-refractivity contribution in [1.82, 2.24) is 9.88 Å². The number of hydrogen-bond acceptors (Lipinski definition) is 3. The van der Waals surface area contributed by atoms with Crippen LogP contribution in [0, 0.1) is 0 Å². The van der Waals surface area contributed by atoms with Crippen LogP contribution in [0.1, 0.15) is 29.4 Å². The van der Waals surface area contributed by atoms with E-state index in [1.165, 1.54) is 4.90 Å². The normalized spacial score (nSPS) is 11.4. The molecule has 0 atom stereocenters. The lowest BCUT2D eigenvalue weighted by Crippen LogP contribution is -2.33. The van der Waals surface area contributed by atoms with Crippen LogP contribution in [0.15, 0.2) is 18.3 Å². The first-order valence-corrected chi connectivity index (χ1v) is 5.92. The van der Waals surface area contributed by atoms with Crippen LogP contribution >= 0.6 is 0 Å². The Hall–Kier alpha value is -1.63. The molecule has 0 aliphatic heterocycles. The molecule has 1 amide bonds. The lowest BCUT2D eigenvalue weighted by molar-refractivity contribution is -0.137. The molecular weight excluding hydrogens is 259 g/mol. The van der Waals surface area contributed by atoms with Gasteiger partial charge in [-0.15, -0.1) is 0 Å². The van der Waals surface area contributed by atoms with Crippen LogP contribution in [0.2, 0.25) is 0 Å². The third-order valence-corrected chi connectivity index (χ3v) is 2.61. The van der Waals surface area contributed by atoms with Crippen LogP contribution < -0.4 is 5.73 Å². The SMILES string of the molecule is CCN(CCCN)C(=O)c1ccc(C(F)(F)F)cn1. The fourth-order valence-electron chi connectivity index (χ4n) is 1.54. The van der Waals surface area contributed by atoms with Crippen molar-refractivity contribution < 1.29 is 18.0 Å². The lowest BCUT2D eigenvalue weighted by Gasteiger charge is -2.20. The molecule has 0 saturated heterocycles. The van der Waals surface area contributed by atoms with Crippen molar-refractivity contribution in [2.45, 2.75) is 19.5 Å². The topological polar surface area (TPSA) is 59.2 Å². The highest BCUT2D eigenvalue weighted by molar-refractivity contribution is 5.92. The Kier molecular flexibility index (Phi) is 5.29. The Morgan fingerprint density at radius 2 is 2.11 bits per heavy atom. The highest BCUT2D eigenvalue weighted by Crippen LogP contribution is 2.28. The number of nitrogens with zero attached hydrogens (tertiary/aromatic N) is 2. The number of carbonyl (C=O) groups excluding carboxylic acids is 1. The summed E-state index contributed by atoms with van der Waals surface area (Å²) in [6.45, 7) is 3.17. The molecule has 0 aliphatic rings. The van der Waals surface area contributed by atoms with Gasteiger partial charge in [0.25, 0.3) is 5.91 Å². The summed E-state index contributed by atoms with van der Waals surface area (Å²) in [5.74, 6) is -0.385. The molecule has 1 heterocycles. The maximum Gasteiger partial charge on any atom is 0.417 e. The number of carbonyl (C=O) groups is 1. The third-order valence-electron chi connectivity index (χ3n) is 2.61. The van der Waals surface area contributed by atoms with E-state index in [2.05, 4.69) is 4.98 Å². The van der Waals surface area contributed by atoms with Crippen LogP contribution in [0.4, 0.5) is 13.2 Å². The van der Waals surface area contributed by atoms with Gasteiger partial charge in [0.2, 0.25) is 0 Å². The van der Waals surface area contributed by atoms with E-state index in [-0.39, 0.29) is 11.6 Å². The summed E-state index contributed by atoms with van der Waals surface area (Å²) in [6.07, 6.45) is -3.14. The van der Waals surface area contributed by atoms with E-state index in [1.807, 2.05) is 0 Å². The largest absolute Gasteiger partial charge is 0.417 e. The number of aromatic nitrogens is 1. The minimum atomic E-state index is -4.45. The second kappa shape index (κ2) is 6.51. The van der Waals surface area contributed by atoms with Crippen LogP contribution in [-0.4, -0.2) is 35.4 Å². The zero-order valence-electron chi connectivity index (χ0n) is 10.6. The van der Waals surface area contributed by atoms with E-state index in [1.54, 1.807) is 6.92 Å². The van der Waals surface area contributed by atoms with Gasteiger partial charge in [0.05, 0.1) is 5.56 Å². The molecule has 4 nitrogen and oxygen atoms in total. The minimum absolute atomic E-state index is 0.00636. The molecule has 7 heteroatoms. The predicted octanol–water partition coefficient (Wildman–Crippen LogP) is 1.91. The van der Waals surface area contributed by atoms with Crippen molar-refractivity contribution in [3.05, 3.63) is 29.6 Å². The number of nitrogens with two attached hydrogens (primary N) is 1. The minimum Gasteiger partial charge on any atom is -0.338 e. The molecule has 0 unspecified atom stereocenters. The summed E-state index contributed by atoms with van der Waals surface area (Å²) in [4.78, 5) is 17.1. The van der Waals surface area contributed by atoms with Crippen molar-refractivity contribution in [3.8, 4) is 0 Å². The van der Waals surface area contributed by atoms with Crippen LogP contribution in [0.25, 0.3) is 0 Å². The Bertz CT molecular complexity index is 417. The van der Waals surface area contributed by atoms with E-state index in [9.17, 15) is 18.0 Å². The average molecular weight is 275 g/mol.